The van der Waals surface area contributed by atoms with Gasteiger partial charge in [-0.3, -0.25) is 4.79 Å². The van der Waals surface area contributed by atoms with E-state index < -0.39 is 5.60 Å². The number of amides is 1. The Kier molecular flexibility index (Phi) is 2.86. The van der Waals surface area contributed by atoms with Gasteiger partial charge >= 0.3 is 0 Å². The maximum absolute atomic E-state index is 12.1. The second kappa shape index (κ2) is 4.39. The van der Waals surface area contributed by atoms with Crippen molar-refractivity contribution >= 4 is 11.6 Å². The number of anilines is 1. The minimum atomic E-state index is -1.14. The molecule has 1 saturated carbocycles. The summed E-state index contributed by atoms with van der Waals surface area (Å²) in [7, 11) is 0. The molecule has 0 radical (unpaired) electrons. The van der Waals surface area contributed by atoms with Crippen molar-refractivity contribution in [2.24, 2.45) is 0 Å². The van der Waals surface area contributed by atoms with E-state index in [0.717, 1.165) is 31.4 Å². The number of aryl methyl sites for hydroxylation is 2. The zero-order valence-corrected chi connectivity index (χ0v) is 10.5. The Morgan fingerprint density at radius 2 is 1.83 bits per heavy atom. The van der Waals surface area contributed by atoms with Gasteiger partial charge in [-0.15, -0.1) is 0 Å². The summed E-state index contributed by atoms with van der Waals surface area (Å²) >= 11 is 0. The largest absolute Gasteiger partial charge is 0.380 e. The summed E-state index contributed by atoms with van der Waals surface area (Å²) < 4.78 is 0. The highest BCUT2D eigenvalue weighted by Gasteiger charge is 2.38. The first-order chi connectivity index (χ1) is 8.67. The third kappa shape index (κ3) is 2.03. The zero-order valence-electron chi connectivity index (χ0n) is 10.5. The molecule has 1 fully saturated rings. The van der Waals surface area contributed by atoms with Gasteiger partial charge in [0.2, 0.25) is 0 Å². The average Bonchev–Trinajstić information content (AvgIpc) is 2.98. The summed E-state index contributed by atoms with van der Waals surface area (Å²) in [5, 5.41) is 13.1. The molecule has 0 heterocycles. The summed E-state index contributed by atoms with van der Waals surface area (Å²) in [4.78, 5) is 12.1. The highest BCUT2D eigenvalue weighted by molar-refractivity contribution is 5.97. The Morgan fingerprint density at radius 1 is 1.11 bits per heavy atom. The van der Waals surface area contributed by atoms with Crippen molar-refractivity contribution in [2.75, 3.05) is 5.32 Å². The van der Waals surface area contributed by atoms with Gasteiger partial charge in [0.1, 0.15) is 5.60 Å². The van der Waals surface area contributed by atoms with Gasteiger partial charge in [0, 0.05) is 5.69 Å². The molecule has 0 atom stereocenters. The number of hydrogen-bond donors (Lipinski definition) is 2. The van der Waals surface area contributed by atoms with E-state index in [2.05, 4.69) is 17.4 Å². The fourth-order valence-electron chi connectivity index (χ4n) is 3.08. The SMILES string of the molecule is O=C(Nc1ccc2c(c1)CCC2)C1(O)CCCC1. The van der Waals surface area contributed by atoms with Crippen molar-refractivity contribution in [3.63, 3.8) is 0 Å². The number of hydrogen-bond acceptors (Lipinski definition) is 2. The molecule has 2 aliphatic rings. The third-order valence-electron chi connectivity index (χ3n) is 4.21. The van der Waals surface area contributed by atoms with Gasteiger partial charge in [0.05, 0.1) is 0 Å². The molecule has 3 nitrogen and oxygen atoms in total. The fourth-order valence-corrected chi connectivity index (χ4v) is 3.08. The highest BCUT2D eigenvalue weighted by Crippen LogP contribution is 2.31. The number of carbonyl (C=O) groups excluding carboxylic acids is 1. The molecule has 0 bridgehead atoms. The van der Waals surface area contributed by atoms with Crippen LogP contribution in [0, 0.1) is 0 Å². The van der Waals surface area contributed by atoms with E-state index in [0.29, 0.717) is 12.8 Å². The van der Waals surface area contributed by atoms with Crippen LogP contribution in [0.25, 0.3) is 0 Å². The van der Waals surface area contributed by atoms with Crippen LogP contribution in [0.3, 0.4) is 0 Å². The van der Waals surface area contributed by atoms with Crippen molar-refractivity contribution in [1.82, 2.24) is 0 Å². The number of fused-ring (bicyclic) bond motifs is 1. The van der Waals surface area contributed by atoms with Crippen LogP contribution in [-0.2, 0) is 17.6 Å². The van der Waals surface area contributed by atoms with Crippen molar-refractivity contribution in [3.05, 3.63) is 29.3 Å². The maximum Gasteiger partial charge on any atom is 0.256 e. The molecule has 0 unspecified atom stereocenters. The van der Waals surface area contributed by atoms with Crippen LogP contribution in [0.15, 0.2) is 18.2 Å². The average molecular weight is 245 g/mol. The van der Waals surface area contributed by atoms with Crippen molar-refractivity contribution in [1.29, 1.82) is 0 Å². The first-order valence-electron chi connectivity index (χ1n) is 6.83. The lowest BCUT2D eigenvalue weighted by Gasteiger charge is -2.21. The molecular formula is C15H19NO2. The van der Waals surface area contributed by atoms with Crippen LogP contribution in [-0.4, -0.2) is 16.6 Å². The van der Waals surface area contributed by atoms with Crippen molar-refractivity contribution < 1.29 is 9.90 Å². The van der Waals surface area contributed by atoms with Crippen molar-refractivity contribution in [3.8, 4) is 0 Å². The fraction of sp³-hybridized carbons (Fsp3) is 0.533. The lowest BCUT2D eigenvalue weighted by molar-refractivity contribution is -0.133. The van der Waals surface area contributed by atoms with E-state index in [1.165, 1.54) is 17.5 Å². The summed E-state index contributed by atoms with van der Waals surface area (Å²) in [5.41, 5.74) is 2.42. The Bertz CT molecular complexity index is 475. The molecule has 18 heavy (non-hydrogen) atoms. The second-order valence-corrected chi connectivity index (χ2v) is 5.53. The van der Waals surface area contributed by atoms with Gasteiger partial charge in [-0.1, -0.05) is 6.07 Å². The molecule has 0 aromatic heterocycles. The first kappa shape index (κ1) is 11.7. The Morgan fingerprint density at radius 3 is 2.61 bits per heavy atom. The molecule has 2 N–H and O–H groups in total. The predicted octanol–water partition coefficient (Wildman–Crippen LogP) is 2.42. The number of benzene rings is 1. The molecule has 2 aliphatic carbocycles. The molecule has 3 rings (SSSR count). The van der Waals surface area contributed by atoms with Gasteiger partial charge < -0.3 is 10.4 Å². The molecule has 0 aliphatic heterocycles. The van der Waals surface area contributed by atoms with Crippen LogP contribution in [0.2, 0.25) is 0 Å². The van der Waals surface area contributed by atoms with Gasteiger partial charge in [-0.2, -0.15) is 0 Å². The number of aliphatic hydroxyl groups is 1. The van der Waals surface area contributed by atoms with Crippen LogP contribution in [0.5, 0.6) is 0 Å². The van der Waals surface area contributed by atoms with Crippen LogP contribution in [0.1, 0.15) is 43.2 Å². The quantitative estimate of drug-likeness (QED) is 0.840. The number of rotatable bonds is 2. The molecule has 1 aromatic carbocycles. The topological polar surface area (TPSA) is 49.3 Å². The van der Waals surface area contributed by atoms with Gasteiger partial charge in [-0.25, -0.2) is 0 Å². The lowest BCUT2D eigenvalue weighted by atomic mass is 10.0. The first-order valence-corrected chi connectivity index (χ1v) is 6.83. The standard InChI is InChI=1S/C15H19NO2/c17-14(15(18)8-1-2-9-15)16-13-7-6-11-4-3-5-12(11)10-13/h6-7,10,18H,1-5,8-9H2,(H,16,17). The predicted molar refractivity (Wildman–Crippen MR) is 70.5 cm³/mol. The molecule has 3 heteroatoms. The Labute approximate surface area is 107 Å². The smallest absolute Gasteiger partial charge is 0.256 e. The second-order valence-electron chi connectivity index (χ2n) is 5.53. The molecule has 96 valence electrons. The van der Waals surface area contributed by atoms with E-state index in [1.807, 2.05) is 6.07 Å². The summed E-state index contributed by atoms with van der Waals surface area (Å²) in [6, 6.07) is 6.09. The lowest BCUT2D eigenvalue weighted by Crippen LogP contribution is -2.40. The van der Waals surface area contributed by atoms with Crippen LogP contribution in [0.4, 0.5) is 5.69 Å². The van der Waals surface area contributed by atoms with Gasteiger partial charge in [0.15, 0.2) is 0 Å². The molecule has 0 saturated heterocycles. The highest BCUT2D eigenvalue weighted by atomic mass is 16.3. The van der Waals surface area contributed by atoms with E-state index in [4.69, 9.17) is 0 Å². The molecular weight excluding hydrogens is 226 g/mol. The van der Waals surface area contributed by atoms with Gasteiger partial charge in [0.25, 0.3) is 5.91 Å². The summed E-state index contributed by atoms with van der Waals surface area (Å²) in [5.74, 6) is -0.238. The van der Waals surface area contributed by atoms with Gasteiger partial charge in [-0.05, 0) is 68.2 Å². The Balaban J connectivity index is 1.74. The molecule has 1 aromatic rings. The summed E-state index contributed by atoms with van der Waals surface area (Å²) in [6.07, 6.45) is 6.50. The van der Waals surface area contributed by atoms with Crippen molar-refractivity contribution in [2.45, 2.75) is 50.5 Å². The van der Waals surface area contributed by atoms with E-state index >= 15 is 0 Å². The normalized spacial score (nSPS) is 20.7. The minimum absolute atomic E-state index is 0.238. The molecule has 1 amide bonds. The summed E-state index contributed by atoms with van der Waals surface area (Å²) in [6.45, 7) is 0. The van der Waals surface area contributed by atoms with Crippen LogP contribution >= 0.6 is 0 Å². The Hall–Kier alpha value is -1.35. The van der Waals surface area contributed by atoms with E-state index in [-0.39, 0.29) is 5.91 Å². The molecule has 0 spiro atoms. The zero-order chi connectivity index (χ0) is 12.6. The van der Waals surface area contributed by atoms with Crippen LogP contribution < -0.4 is 5.32 Å². The number of carbonyl (C=O) groups is 1. The van der Waals surface area contributed by atoms with E-state index in [9.17, 15) is 9.90 Å². The number of nitrogens with one attached hydrogen (secondary N) is 1. The maximum atomic E-state index is 12.1. The van der Waals surface area contributed by atoms with E-state index in [1.54, 1.807) is 0 Å². The minimum Gasteiger partial charge on any atom is -0.380 e. The third-order valence-corrected chi connectivity index (χ3v) is 4.21. The monoisotopic (exact) mass is 245 g/mol.